The van der Waals surface area contributed by atoms with Crippen LogP contribution in [0.25, 0.3) is 0 Å². The highest BCUT2D eigenvalue weighted by atomic mass is 35.5. The Bertz CT molecular complexity index is 659. The molecule has 2 aromatic carbocycles. The van der Waals surface area contributed by atoms with Crippen LogP contribution in [0.1, 0.15) is 15.9 Å². The molecule has 0 aliphatic heterocycles. The average Bonchev–Trinajstić information content (AvgIpc) is 2.41. The molecule has 0 fully saturated rings. The summed E-state index contributed by atoms with van der Waals surface area (Å²) in [4.78, 5) is 10.9. The molecular weight excluding hydrogens is 301 g/mol. The molecule has 4 nitrogen and oxygen atoms in total. The topological polar surface area (TPSA) is 69.6 Å². The quantitative estimate of drug-likeness (QED) is 0.798. The number of hydrogen-bond acceptors (Lipinski definition) is 3. The summed E-state index contributed by atoms with van der Waals surface area (Å²) in [6.07, 6.45) is 0. The van der Waals surface area contributed by atoms with Gasteiger partial charge in [-0.3, -0.25) is 0 Å². The maximum absolute atomic E-state index is 10.9. The lowest BCUT2D eigenvalue weighted by molar-refractivity contribution is 0.0697. The fraction of sp³-hybridized carbons (Fsp3) is 0.0714. The van der Waals surface area contributed by atoms with Crippen LogP contribution >= 0.6 is 23.2 Å². The van der Waals surface area contributed by atoms with Gasteiger partial charge in [-0.15, -0.1) is 0 Å². The van der Waals surface area contributed by atoms with Gasteiger partial charge in [0.25, 0.3) is 0 Å². The molecule has 2 aromatic rings. The molecule has 0 heterocycles. The molecule has 3 N–H and O–H groups in total. The molecule has 0 unspecified atom stereocenters. The number of rotatable bonds is 4. The van der Waals surface area contributed by atoms with Crippen LogP contribution in [0.4, 0.5) is 5.69 Å². The SMILES string of the molecule is O=C(O)c1cccc(NCc2cc(Cl)cc(Cl)c2O)c1. The van der Waals surface area contributed by atoms with Gasteiger partial charge in [-0.1, -0.05) is 29.3 Å². The van der Waals surface area contributed by atoms with Gasteiger partial charge in [0.15, 0.2) is 0 Å². The molecule has 0 aliphatic rings. The molecule has 0 bridgehead atoms. The lowest BCUT2D eigenvalue weighted by atomic mass is 10.1. The second-order valence-corrected chi connectivity index (χ2v) is 4.98. The average molecular weight is 312 g/mol. The molecule has 0 saturated carbocycles. The fourth-order valence-corrected chi connectivity index (χ4v) is 2.25. The standard InChI is InChI=1S/C14H11Cl2NO3/c15-10-4-9(13(18)12(16)6-10)7-17-11-3-1-2-8(5-11)14(19)20/h1-6,17-18H,7H2,(H,19,20). The molecule has 0 aromatic heterocycles. The van der Waals surface area contributed by atoms with Crippen LogP contribution in [-0.4, -0.2) is 16.2 Å². The summed E-state index contributed by atoms with van der Waals surface area (Å²) in [6.45, 7) is 0.273. The van der Waals surface area contributed by atoms with Crippen LogP contribution in [0.2, 0.25) is 10.0 Å². The van der Waals surface area contributed by atoms with Crippen LogP contribution in [0.3, 0.4) is 0 Å². The smallest absolute Gasteiger partial charge is 0.335 e. The molecule has 0 aliphatic carbocycles. The van der Waals surface area contributed by atoms with E-state index in [1.807, 2.05) is 0 Å². The lowest BCUT2D eigenvalue weighted by Gasteiger charge is -2.10. The number of anilines is 1. The summed E-state index contributed by atoms with van der Waals surface area (Å²) in [5.41, 5.74) is 1.34. The van der Waals surface area contributed by atoms with Crippen molar-refractivity contribution < 1.29 is 15.0 Å². The molecular formula is C14H11Cl2NO3. The van der Waals surface area contributed by atoms with Crippen molar-refractivity contribution in [2.45, 2.75) is 6.54 Å². The first-order valence-electron chi connectivity index (χ1n) is 5.71. The Labute approximate surface area is 125 Å². The third-order valence-electron chi connectivity index (χ3n) is 2.70. The molecule has 104 valence electrons. The van der Waals surface area contributed by atoms with E-state index < -0.39 is 5.97 Å². The van der Waals surface area contributed by atoms with E-state index in [1.165, 1.54) is 18.2 Å². The van der Waals surface area contributed by atoms with Crippen LogP contribution < -0.4 is 5.32 Å². The maximum Gasteiger partial charge on any atom is 0.335 e. The van der Waals surface area contributed by atoms with Gasteiger partial charge in [0.2, 0.25) is 0 Å². The highest BCUT2D eigenvalue weighted by Gasteiger charge is 2.08. The van der Waals surface area contributed by atoms with Crippen molar-refractivity contribution >= 4 is 34.9 Å². The third kappa shape index (κ3) is 3.35. The predicted molar refractivity (Wildman–Crippen MR) is 78.9 cm³/mol. The normalized spacial score (nSPS) is 10.3. The van der Waals surface area contributed by atoms with E-state index in [0.29, 0.717) is 16.3 Å². The van der Waals surface area contributed by atoms with Gasteiger partial charge in [-0.25, -0.2) is 4.79 Å². The minimum absolute atomic E-state index is 0.0436. The summed E-state index contributed by atoms with van der Waals surface area (Å²) in [5, 5.41) is 22.3. The van der Waals surface area contributed by atoms with Crippen molar-refractivity contribution in [3.05, 3.63) is 57.6 Å². The molecule has 20 heavy (non-hydrogen) atoms. The predicted octanol–water partition coefficient (Wildman–Crippen LogP) is 4.01. The first-order valence-corrected chi connectivity index (χ1v) is 6.47. The Morgan fingerprint density at radius 1 is 1.20 bits per heavy atom. The summed E-state index contributed by atoms with van der Waals surface area (Å²) in [7, 11) is 0. The van der Waals surface area contributed by atoms with Crippen molar-refractivity contribution in [1.82, 2.24) is 0 Å². The highest BCUT2D eigenvalue weighted by molar-refractivity contribution is 6.35. The van der Waals surface area contributed by atoms with E-state index >= 15 is 0 Å². The zero-order chi connectivity index (χ0) is 14.7. The number of carboxylic acids is 1. The Kier molecular flexibility index (Phi) is 4.37. The Hall–Kier alpha value is -1.91. The van der Waals surface area contributed by atoms with E-state index in [-0.39, 0.29) is 22.9 Å². The van der Waals surface area contributed by atoms with Gasteiger partial charge in [0, 0.05) is 22.8 Å². The first-order chi connectivity index (χ1) is 9.47. The van der Waals surface area contributed by atoms with Crippen LogP contribution in [0.5, 0.6) is 5.75 Å². The summed E-state index contributed by atoms with van der Waals surface area (Å²) >= 11 is 11.7. The van der Waals surface area contributed by atoms with E-state index in [4.69, 9.17) is 28.3 Å². The van der Waals surface area contributed by atoms with Crippen molar-refractivity contribution in [1.29, 1.82) is 0 Å². The maximum atomic E-state index is 10.9. The molecule has 0 atom stereocenters. The molecule has 0 spiro atoms. The Morgan fingerprint density at radius 3 is 2.65 bits per heavy atom. The zero-order valence-corrected chi connectivity index (χ0v) is 11.7. The molecule has 2 rings (SSSR count). The van der Waals surface area contributed by atoms with Crippen molar-refractivity contribution in [2.24, 2.45) is 0 Å². The highest BCUT2D eigenvalue weighted by Crippen LogP contribution is 2.31. The summed E-state index contributed by atoms with van der Waals surface area (Å²) in [5.74, 6) is -1.04. The third-order valence-corrected chi connectivity index (χ3v) is 3.21. The van der Waals surface area contributed by atoms with E-state index in [2.05, 4.69) is 5.32 Å². The number of phenols is 1. The van der Waals surface area contributed by atoms with Crippen LogP contribution in [0, 0.1) is 0 Å². The molecule has 0 amide bonds. The minimum Gasteiger partial charge on any atom is -0.506 e. The Balaban J connectivity index is 2.17. The van der Waals surface area contributed by atoms with Crippen LogP contribution in [0.15, 0.2) is 36.4 Å². The van der Waals surface area contributed by atoms with Gasteiger partial charge < -0.3 is 15.5 Å². The van der Waals surface area contributed by atoms with E-state index in [1.54, 1.807) is 18.2 Å². The second-order valence-electron chi connectivity index (χ2n) is 4.13. The Morgan fingerprint density at radius 2 is 1.95 bits per heavy atom. The molecule has 6 heteroatoms. The largest absolute Gasteiger partial charge is 0.506 e. The summed E-state index contributed by atoms with van der Waals surface area (Å²) in [6, 6.07) is 9.42. The van der Waals surface area contributed by atoms with Crippen LogP contribution in [-0.2, 0) is 6.54 Å². The van der Waals surface area contributed by atoms with Gasteiger partial charge in [0.1, 0.15) is 5.75 Å². The van der Waals surface area contributed by atoms with Gasteiger partial charge >= 0.3 is 5.97 Å². The van der Waals surface area contributed by atoms with Crippen molar-refractivity contribution in [3.8, 4) is 5.75 Å². The fourth-order valence-electron chi connectivity index (χ4n) is 1.71. The van der Waals surface area contributed by atoms with E-state index in [0.717, 1.165) is 0 Å². The van der Waals surface area contributed by atoms with Crippen molar-refractivity contribution in [2.75, 3.05) is 5.32 Å². The van der Waals surface area contributed by atoms with Gasteiger partial charge in [0.05, 0.1) is 10.6 Å². The summed E-state index contributed by atoms with van der Waals surface area (Å²) < 4.78 is 0. The molecule has 0 saturated heterocycles. The minimum atomic E-state index is -0.998. The first kappa shape index (κ1) is 14.5. The molecule has 0 radical (unpaired) electrons. The number of aromatic hydroxyl groups is 1. The van der Waals surface area contributed by atoms with Crippen molar-refractivity contribution in [3.63, 3.8) is 0 Å². The number of benzene rings is 2. The monoisotopic (exact) mass is 311 g/mol. The number of aromatic carboxylic acids is 1. The van der Waals surface area contributed by atoms with E-state index in [9.17, 15) is 9.90 Å². The number of halogens is 2. The second kappa shape index (κ2) is 6.03. The zero-order valence-electron chi connectivity index (χ0n) is 10.2. The van der Waals surface area contributed by atoms with Gasteiger partial charge in [-0.05, 0) is 30.3 Å². The number of phenolic OH excluding ortho intramolecular Hbond substituents is 1. The number of hydrogen-bond donors (Lipinski definition) is 3. The number of nitrogens with one attached hydrogen (secondary N) is 1. The van der Waals surface area contributed by atoms with Gasteiger partial charge in [-0.2, -0.15) is 0 Å². The number of carboxylic acid groups (broad SMARTS) is 1. The number of carbonyl (C=O) groups is 1. The lowest BCUT2D eigenvalue weighted by Crippen LogP contribution is -2.02.